The molecule has 0 radical (unpaired) electrons. The molecule has 7 aliphatic rings. The molecule has 11 unspecified atom stereocenters. The van der Waals surface area contributed by atoms with Crippen molar-refractivity contribution in [1.29, 1.82) is 0 Å². The Hall–Kier alpha value is -3.66. The zero-order valence-corrected chi connectivity index (χ0v) is 37.5. The first kappa shape index (κ1) is 41.7. The molecule has 4 fully saturated rings. The first-order chi connectivity index (χ1) is 28.6. The van der Waals surface area contributed by atoms with Crippen molar-refractivity contribution in [3.05, 3.63) is 82.8 Å². The van der Waals surface area contributed by atoms with Crippen LogP contribution >= 0.6 is 11.3 Å². The Balaban J connectivity index is 1.10. The summed E-state index contributed by atoms with van der Waals surface area (Å²) >= 11 is 1.56. The van der Waals surface area contributed by atoms with Gasteiger partial charge in [-0.1, -0.05) is 77.5 Å². The number of thiophene rings is 1. The minimum atomic E-state index is -1.26. The topological polar surface area (TPSA) is 106 Å². The van der Waals surface area contributed by atoms with Crippen molar-refractivity contribution in [2.45, 2.75) is 123 Å². The van der Waals surface area contributed by atoms with E-state index in [0.717, 1.165) is 77.5 Å². The van der Waals surface area contributed by atoms with Gasteiger partial charge in [0.1, 0.15) is 17.6 Å². The number of methoxy groups -OCH3 is 2. The fraction of sp³-hybridized carbons (Fsp3) is 0.608. The summed E-state index contributed by atoms with van der Waals surface area (Å²) in [5, 5.41) is 25.7. The number of hydrogen-bond acceptors (Lipinski definition) is 8. The molecule has 2 bridgehead atoms. The zero-order valence-electron chi connectivity index (χ0n) is 36.7. The van der Waals surface area contributed by atoms with Crippen LogP contribution in [0.5, 0.6) is 11.5 Å². The van der Waals surface area contributed by atoms with Gasteiger partial charge in [0.25, 0.3) is 0 Å². The molecule has 0 saturated heterocycles. The number of aliphatic hydroxyl groups excluding tert-OH is 1. The molecule has 2 spiro atoms. The Labute approximate surface area is 360 Å². The second-order valence-corrected chi connectivity index (χ2v) is 21.7. The van der Waals surface area contributed by atoms with E-state index in [9.17, 15) is 15.0 Å². The molecule has 1 aromatic heterocycles. The van der Waals surface area contributed by atoms with Crippen LogP contribution in [0.2, 0.25) is 0 Å². The Morgan fingerprint density at radius 3 is 2.42 bits per heavy atom. The first-order valence-electron chi connectivity index (χ1n) is 22.6. The predicted molar refractivity (Wildman–Crippen MR) is 236 cm³/mol. The van der Waals surface area contributed by atoms with Crippen molar-refractivity contribution >= 4 is 33.3 Å². The van der Waals surface area contributed by atoms with Gasteiger partial charge in [-0.25, -0.2) is 4.79 Å². The molecule has 11 atom stereocenters. The number of hydrogen-bond donors (Lipinski definition) is 2. The normalized spacial score (nSPS) is 37.9. The number of ketones is 1. The second-order valence-electron chi connectivity index (χ2n) is 20.6. The molecule has 8 nitrogen and oxygen atoms in total. The predicted octanol–water partition coefficient (Wildman–Crippen LogP) is 10.8. The summed E-state index contributed by atoms with van der Waals surface area (Å²) < 4.78 is 19.0. The largest absolute Gasteiger partial charge is 0.497 e. The van der Waals surface area contributed by atoms with E-state index in [1.807, 2.05) is 36.4 Å². The van der Waals surface area contributed by atoms with Crippen molar-refractivity contribution in [3.63, 3.8) is 0 Å². The van der Waals surface area contributed by atoms with Crippen LogP contribution in [0.3, 0.4) is 0 Å². The number of rotatable bonds is 10. The molecule has 0 aliphatic heterocycles. The lowest BCUT2D eigenvalue weighted by Crippen LogP contribution is -2.67. The van der Waals surface area contributed by atoms with E-state index >= 15 is 4.79 Å². The molecule has 1 heterocycles. The van der Waals surface area contributed by atoms with Crippen molar-refractivity contribution in [1.82, 2.24) is 4.90 Å². The van der Waals surface area contributed by atoms with Crippen LogP contribution < -0.4 is 9.47 Å². The fourth-order valence-corrected chi connectivity index (χ4v) is 15.0. The van der Waals surface area contributed by atoms with Gasteiger partial charge in [0.15, 0.2) is 5.78 Å². The van der Waals surface area contributed by atoms with E-state index in [0.29, 0.717) is 36.2 Å². The molecular weight excluding hydrogens is 771 g/mol. The van der Waals surface area contributed by atoms with Gasteiger partial charge in [0, 0.05) is 38.1 Å². The molecule has 2 aromatic carbocycles. The van der Waals surface area contributed by atoms with Crippen LogP contribution in [0.4, 0.5) is 4.79 Å². The molecule has 3 aromatic rings. The molecule has 60 heavy (non-hydrogen) atoms. The summed E-state index contributed by atoms with van der Waals surface area (Å²) in [6.07, 6.45) is 14.1. The average Bonchev–Trinajstić information content (AvgIpc) is 3.78. The van der Waals surface area contributed by atoms with Crippen molar-refractivity contribution in [3.8, 4) is 11.5 Å². The maximum absolute atomic E-state index is 15.3. The number of carbonyl (C=O) groups is 2. The number of carbonyl (C=O) groups excluding carboxylic acids is 2. The molecule has 9 heteroatoms. The first-order valence-corrected chi connectivity index (χ1v) is 23.5. The SMILES string of the molecule is COc1ccc(CN(CC2(O)CCC3C45C=CC6(C=C4C(=O)c4cc7ccccc7s4)CC(O)CCC6(C)C5CCC32C)C(=O)OC2CC(C)CCC2C(C)C)c(OC)c1. The van der Waals surface area contributed by atoms with E-state index in [-0.39, 0.29) is 48.1 Å². The van der Waals surface area contributed by atoms with E-state index in [4.69, 9.17) is 14.2 Å². The van der Waals surface area contributed by atoms with Gasteiger partial charge in [0.05, 0.1) is 43.9 Å². The number of fused-ring (bicyclic) bond motifs is 2. The quantitative estimate of drug-likeness (QED) is 0.155. The second kappa shape index (κ2) is 15.0. The van der Waals surface area contributed by atoms with Gasteiger partial charge in [-0.2, -0.15) is 0 Å². The Morgan fingerprint density at radius 1 is 0.917 bits per heavy atom. The summed E-state index contributed by atoms with van der Waals surface area (Å²) in [7, 11) is 3.25. The molecule has 10 rings (SSSR count). The maximum atomic E-state index is 15.3. The fourth-order valence-electron chi connectivity index (χ4n) is 14.0. The Morgan fingerprint density at radius 2 is 1.67 bits per heavy atom. The number of allylic oxidation sites excluding steroid dienone is 4. The Kier molecular flexibility index (Phi) is 10.4. The van der Waals surface area contributed by atoms with Crippen LogP contribution in [0.1, 0.15) is 114 Å². The highest BCUT2D eigenvalue weighted by atomic mass is 32.1. The minimum absolute atomic E-state index is 0.0468. The van der Waals surface area contributed by atoms with Gasteiger partial charge in [-0.3, -0.25) is 4.79 Å². The summed E-state index contributed by atoms with van der Waals surface area (Å²) in [4.78, 5) is 32.6. The summed E-state index contributed by atoms with van der Waals surface area (Å²) in [5.74, 6) is 2.59. The number of aliphatic hydroxyl groups is 2. The third-order valence-electron chi connectivity index (χ3n) is 17.4. The van der Waals surface area contributed by atoms with E-state index < -0.39 is 34.0 Å². The summed E-state index contributed by atoms with van der Waals surface area (Å²) in [5.41, 5.74) is -1.39. The average molecular weight is 836 g/mol. The smallest absolute Gasteiger partial charge is 0.410 e. The highest BCUT2D eigenvalue weighted by Crippen LogP contribution is 2.78. The molecule has 4 saturated carbocycles. The zero-order chi connectivity index (χ0) is 42.4. The van der Waals surface area contributed by atoms with Crippen molar-refractivity contribution < 1.29 is 34.0 Å². The third kappa shape index (κ3) is 6.25. The lowest BCUT2D eigenvalue weighted by atomic mass is 9.32. The highest BCUT2D eigenvalue weighted by Gasteiger charge is 2.74. The monoisotopic (exact) mass is 835 g/mol. The number of Topliss-reactive ketones (excluding diaryl/α,β-unsaturated/α-hetero) is 1. The third-order valence-corrected chi connectivity index (χ3v) is 18.5. The number of benzene rings is 2. The van der Waals surface area contributed by atoms with Gasteiger partial charge in [0.2, 0.25) is 0 Å². The van der Waals surface area contributed by atoms with Crippen LogP contribution in [-0.4, -0.2) is 65.6 Å². The molecule has 1 amide bonds. The summed E-state index contributed by atoms with van der Waals surface area (Å²) in [6.45, 7) is 11.6. The van der Waals surface area contributed by atoms with E-state index in [1.54, 1.807) is 30.5 Å². The van der Waals surface area contributed by atoms with E-state index in [2.05, 4.69) is 65.0 Å². The lowest BCUT2D eigenvalue weighted by Gasteiger charge is -2.71. The molecule has 7 aliphatic carbocycles. The highest BCUT2D eigenvalue weighted by molar-refractivity contribution is 7.21. The van der Waals surface area contributed by atoms with Crippen LogP contribution in [0, 0.1) is 51.2 Å². The van der Waals surface area contributed by atoms with Crippen LogP contribution in [0.15, 0.2) is 72.3 Å². The maximum Gasteiger partial charge on any atom is 0.410 e. The van der Waals surface area contributed by atoms with E-state index in [1.165, 1.54) is 0 Å². The van der Waals surface area contributed by atoms with Crippen molar-refractivity contribution in [2.24, 2.45) is 51.2 Å². The lowest BCUT2D eigenvalue weighted by molar-refractivity contribution is -0.175. The van der Waals surface area contributed by atoms with Gasteiger partial charge in [-0.15, -0.1) is 11.3 Å². The number of nitrogens with zero attached hydrogens (tertiary/aromatic N) is 1. The van der Waals surface area contributed by atoms with Crippen molar-refractivity contribution in [2.75, 3.05) is 20.8 Å². The Bertz CT molecular complexity index is 2200. The minimum Gasteiger partial charge on any atom is -0.497 e. The molecule has 2 N–H and O–H groups in total. The van der Waals surface area contributed by atoms with Gasteiger partial charge < -0.3 is 29.3 Å². The number of ether oxygens (including phenoxy) is 3. The number of amides is 1. The van der Waals surface area contributed by atoms with Gasteiger partial charge in [-0.05, 0) is 122 Å². The molecule has 322 valence electrons. The van der Waals surface area contributed by atoms with Crippen LogP contribution in [0.25, 0.3) is 10.1 Å². The standard InChI is InChI=1S/C51H65NO7S/c1-31(2)37-15-12-32(3)24-40(37)59-46(55)52(29-34-13-14-36(57-6)26-39(34)58-7)30-50(56)21-18-44-48(50,5)20-17-43-47(4)19-16-35(53)27-49(47)22-23-51(43,44)38(28-49)45(54)42-25-33-10-8-9-11-41(33)60-42/h8-11,13-14,22-23,25-26,28,31-32,35,37,40,43-44,53,56H,12,15-21,24,27,29-30H2,1-7H3. The van der Waals surface area contributed by atoms with Crippen LogP contribution in [-0.2, 0) is 11.3 Å². The summed E-state index contributed by atoms with van der Waals surface area (Å²) in [6, 6.07) is 15.9. The van der Waals surface area contributed by atoms with Gasteiger partial charge >= 0.3 is 6.09 Å². The molecular formula is C51H65NO7S.